The van der Waals surface area contributed by atoms with Crippen molar-refractivity contribution in [1.82, 2.24) is 4.90 Å². The Hall–Kier alpha value is -2.11. The molecule has 0 radical (unpaired) electrons. The van der Waals surface area contributed by atoms with Crippen molar-refractivity contribution in [2.75, 3.05) is 26.8 Å². The summed E-state index contributed by atoms with van der Waals surface area (Å²) in [5, 5.41) is 51.5. The first kappa shape index (κ1) is 20.2. The van der Waals surface area contributed by atoms with E-state index in [0.717, 1.165) is 25.9 Å². The van der Waals surface area contributed by atoms with Crippen molar-refractivity contribution in [3.05, 3.63) is 16.7 Å². The lowest BCUT2D eigenvalue weighted by Crippen LogP contribution is -2.58. The van der Waals surface area contributed by atoms with Crippen molar-refractivity contribution in [1.29, 1.82) is 0 Å². The second-order valence-electron chi connectivity index (χ2n) is 7.61. The topological polar surface area (TPSA) is 149 Å². The van der Waals surface area contributed by atoms with Crippen LogP contribution in [0.4, 0.5) is 0 Å². The zero-order chi connectivity index (χ0) is 20.9. The molecule has 4 rings (SSSR count). The van der Waals surface area contributed by atoms with Crippen molar-refractivity contribution >= 4 is 5.97 Å². The number of likely N-dealkylation sites (tertiary alicyclic amines) is 1. The van der Waals surface area contributed by atoms with Crippen LogP contribution >= 0.6 is 0 Å². The first-order chi connectivity index (χ1) is 13.9. The molecule has 2 saturated heterocycles. The summed E-state index contributed by atoms with van der Waals surface area (Å²) in [5.74, 6) is -1.92. The van der Waals surface area contributed by atoms with E-state index in [0.29, 0.717) is 0 Å². The number of methoxy groups -OCH3 is 1. The summed E-state index contributed by atoms with van der Waals surface area (Å²) in [6.07, 6.45) is -4.57. The molecule has 0 aliphatic carbocycles. The highest BCUT2D eigenvalue weighted by Crippen LogP contribution is 2.52. The normalized spacial score (nSPS) is 31.9. The van der Waals surface area contributed by atoms with Gasteiger partial charge in [-0.1, -0.05) is 0 Å². The van der Waals surface area contributed by atoms with Gasteiger partial charge in [-0.25, -0.2) is 4.79 Å². The second kappa shape index (κ2) is 7.62. The van der Waals surface area contributed by atoms with Crippen LogP contribution in [0.15, 0.2) is 0 Å². The molecule has 1 aromatic rings. The Kier molecular flexibility index (Phi) is 5.30. The third kappa shape index (κ3) is 3.11. The third-order valence-electron chi connectivity index (χ3n) is 5.93. The summed E-state index contributed by atoms with van der Waals surface area (Å²) in [4.78, 5) is 14.9. The monoisotopic (exact) mass is 411 g/mol. The number of phenols is 2. The molecule has 0 bridgehead atoms. The van der Waals surface area contributed by atoms with Crippen molar-refractivity contribution in [2.24, 2.45) is 0 Å². The molecular formula is C19H25NO9. The van der Waals surface area contributed by atoms with Gasteiger partial charge in [0, 0.05) is 17.7 Å². The van der Waals surface area contributed by atoms with Gasteiger partial charge in [0.05, 0.1) is 19.3 Å². The second-order valence-corrected chi connectivity index (χ2v) is 7.61. The summed E-state index contributed by atoms with van der Waals surface area (Å²) in [5.41, 5.74) is 0.207. The molecule has 5 N–H and O–H groups in total. The summed E-state index contributed by atoms with van der Waals surface area (Å²) >= 11 is 0. The lowest BCUT2D eigenvalue weighted by atomic mass is 9.84. The van der Waals surface area contributed by atoms with Crippen LogP contribution in [0.3, 0.4) is 0 Å². The van der Waals surface area contributed by atoms with Gasteiger partial charge in [0.1, 0.15) is 24.4 Å². The van der Waals surface area contributed by atoms with Crippen LogP contribution < -0.4 is 4.74 Å². The summed E-state index contributed by atoms with van der Waals surface area (Å²) in [6.45, 7) is 1.26. The number of aliphatic hydroxyl groups is 3. The fourth-order valence-corrected chi connectivity index (χ4v) is 4.43. The number of nitrogens with zero attached hydrogens (tertiary/aromatic N) is 1. The molecule has 0 saturated carbocycles. The Bertz CT molecular complexity index is 808. The van der Waals surface area contributed by atoms with Gasteiger partial charge in [0.25, 0.3) is 0 Å². The number of aliphatic hydroxyl groups excluding tert-OH is 3. The van der Waals surface area contributed by atoms with Gasteiger partial charge in [-0.3, -0.25) is 4.90 Å². The van der Waals surface area contributed by atoms with Gasteiger partial charge >= 0.3 is 5.97 Å². The number of hydrogen-bond acceptors (Lipinski definition) is 10. The van der Waals surface area contributed by atoms with Crippen molar-refractivity contribution < 1.29 is 44.5 Å². The SMILES string of the molecule is COc1c(O)c(CN2CCCC2)c2c(c1O)[C@@H]1O[C@H](CO)[C@@H](O)[C@H](O)[C@@H]1OC2=O. The molecule has 0 unspecified atom stereocenters. The molecule has 29 heavy (non-hydrogen) atoms. The molecule has 3 aliphatic rings. The Balaban J connectivity index is 1.87. The minimum Gasteiger partial charge on any atom is -0.504 e. The van der Waals surface area contributed by atoms with Crippen LogP contribution in [0.25, 0.3) is 0 Å². The highest BCUT2D eigenvalue weighted by molar-refractivity contribution is 5.97. The first-order valence-corrected chi connectivity index (χ1v) is 9.59. The number of phenolic OH excluding ortho intramolecular Hbond substituents is 2. The lowest BCUT2D eigenvalue weighted by molar-refractivity contribution is -0.235. The van der Waals surface area contributed by atoms with E-state index >= 15 is 0 Å². The number of hydrogen-bond donors (Lipinski definition) is 5. The minimum atomic E-state index is -1.52. The number of aromatic hydroxyl groups is 2. The number of ether oxygens (including phenoxy) is 3. The molecule has 3 aliphatic heterocycles. The van der Waals surface area contributed by atoms with E-state index in [1.807, 2.05) is 0 Å². The molecule has 0 spiro atoms. The van der Waals surface area contributed by atoms with E-state index in [-0.39, 0.29) is 34.7 Å². The van der Waals surface area contributed by atoms with Crippen molar-refractivity contribution in [3.8, 4) is 17.2 Å². The number of fused-ring (bicyclic) bond motifs is 3. The molecular weight excluding hydrogens is 386 g/mol. The Labute approximate surface area is 166 Å². The standard InChI is InChI=1S/C19H25NO9/c1-27-17-12(22)8(6-20-4-2-3-5-20)10-11(14(17)24)16-18(29-19(10)26)15(25)13(23)9(7-21)28-16/h9,13,15-16,18,21-25H,2-7H2,1H3/t9-,13-,15+,16+,18+/m1/s1. The predicted octanol–water partition coefficient (Wildman–Crippen LogP) is -0.605. The largest absolute Gasteiger partial charge is 0.504 e. The average Bonchev–Trinajstić information content (AvgIpc) is 3.21. The molecule has 10 heteroatoms. The smallest absolute Gasteiger partial charge is 0.339 e. The average molecular weight is 411 g/mol. The maximum atomic E-state index is 12.8. The quantitative estimate of drug-likeness (QED) is 0.406. The van der Waals surface area contributed by atoms with E-state index in [9.17, 15) is 30.3 Å². The van der Waals surface area contributed by atoms with E-state index in [1.54, 1.807) is 0 Å². The van der Waals surface area contributed by atoms with Crippen LogP contribution in [-0.2, 0) is 16.0 Å². The van der Waals surface area contributed by atoms with Crippen LogP contribution in [0.1, 0.15) is 40.4 Å². The van der Waals surface area contributed by atoms with E-state index in [1.165, 1.54) is 7.11 Å². The fourth-order valence-electron chi connectivity index (χ4n) is 4.43. The molecule has 0 aromatic heterocycles. The zero-order valence-corrected chi connectivity index (χ0v) is 15.9. The van der Waals surface area contributed by atoms with Crippen molar-refractivity contribution in [2.45, 2.75) is 49.9 Å². The molecule has 0 amide bonds. The number of benzene rings is 1. The van der Waals surface area contributed by atoms with Crippen LogP contribution in [0, 0.1) is 0 Å². The maximum Gasteiger partial charge on any atom is 0.339 e. The first-order valence-electron chi connectivity index (χ1n) is 9.59. The van der Waals surface area contributed by atoms with Crippen LogP contribution in [0.5, 0.6) is 17.2 Å². The molecule has 5 atom stereocenters. The predicted molar refractivity (Wildman–Crippen MR) is 96.8 cm³/mol. The van der Waals surface area contributed by atoms with Gasteiger partial charge < -0.3 is 39.7 Å². The van der Waals surface area contributed by atoms with E-state index in [4.69, 9.17) is 14.2 Å². The highest BCUT2D eigenvalue weighted by Gasteiger charge is 2.53. The van der Waals surface area contributed by atoms with Crippen molar-refractivity contribution in [3.63, 3.8) is 0 Å². The summed E-state index contributed by atoms with van der Waals surface area (Å²) in [6, 6.07) is 0. The van der Waals surface area contributed by atoms with E-state index in [2.05, 4.69) is 4.90 Å². The number of carbonyl (C=O) groups excluding carboxylic acids is 1. The Morgan fingerprint density at radius 1 is 1.14 bits per heavy atom. The molecule has 160 valence electrons. The van der Waals surface area contributed by atoms with Gasteiger partial charge in [0.15, 0.2) is 17.6 Å². The van der Waals surface area contributed by atoms with Gasteiger partial charge in [-0.15, -0.1) is 0 Å². The third-order valence-corrected chi connectivity index (χ3v) is 5.93. The summed E-state index contributed by atoms with van der Waals surface area (Å²) in [7, 11) is 1.27. The molecule has 1 aromatic carbocycles. The summed E-state index contributed by atoms with van der Waals surface area (Å²) < 4.78 is 16.2. The molecule has 3 heterocycles. The van der Waals surface area contributed by atoms with Crippen LogP contribution in [-0.4, -0.2) is 87.6 Å². The maximum absolute atomic E-state index is 12.8. The highest BCUT2D eigenvalue weighted by atomic mass is 16.6. The lowest BCUT2D eigenvalue weighted by Gasteiger charge is -2.45. The Morgan fingerprint density at radius 2 is 1.83 bits per heavy atom. The van der Waals surface area contributed by atoms with Gasteiger partial charge in [-0.2, -0.15) is 0 Å². The minimum absolute atomic E-state index is 0.0134. The molecule has 10 nitrogen and oxygen atoms in total. The number of rotatable bonds is 4. The molecule has 2 fully saturated rings. The number of esters is 1. The van der Waals surface area contributed by atoms with Gasteiger partial charge in [0.2, 0.25) is 5.75 Å². The number of carbonyl (C=O) groups is 1. The fraction of sp³-hybridized carbons (Fsp3) is 0.632. The zero-order valence-electron chi connectivity index (χ0n) is 15.9. The van der Waals surface area contributed by atoms with E-state index < -0.39 is 48.8 Å². The van der Waals surface area contributed by atoms with Crippen LogP contribution in [0.2, 0.25) is 0 Å². The Morgan fingerprint density at radius 3 is 2.45 bits per heavy atom. The van der Waals surface area contributed by atoms with Gasteiger partial charge in [-0.05, 0) is 25.9 Å².